The molecule has 2 nitrogen and oxygen atoms in total. The Bertz CT molecular complexity index is 675. The molecule has 0 spiro atoms. The van der Waals surface area contributed by atoms with Gasteiger partial charge < -0.3 is 0 Å². The molecule has 1 heterocycles. The lowest BCUT2D eigenvalue weighted by Crippen LogP contribution is -2.21. The van der Waals surface area contributed by atoms with Crippen LogP contribution in [0.3, 0.4) is 0 Å². The summed E-state index contributed by atoms with van der Waals surface area (Å²) in [6, 6.07) is 12.7. The zero-order valence-electron chi connectivity index (χ0n) is 13.5. The molecule has 0 radical (unpaired) electrons. The van der Waals surface area contributed by atoms with Crippen molar-refractivity contribution in [3.63, 3.8) is 0 Å². The predicted molar refractivity (Wildman–Crippen MR) is 88.5 cm³/mol. The van der Waals surface area contributed by atoms with Crippen molar-refractivity contribution < 1.29 is 0 Å². The van der Waals surface area contributed by atoms with Gasteiger partial charge in [-0.15, -0.1) is 0 Å². The van der Waals surface area contributed by atoms with Gasteiger partial charge in [0.15, 0.2) is 0 Å². The van der Waals surface area contributed by atoms with E-state index in [-0.39, 0.29) is 5.41 Å². The van der Waals surface area contributed by atoms with Gasteiger partial charge in [0.2, 0.25) is 0 Å². The molecule has 1 aliphatic carbocycles. The van der Waals surface area contributed by atoms with Crippen molar-refractivity contribution in [1.82, 2.24) is 9.78 Å². The fourth-order valence-electron chi connectivity index (χ4n) is 3.63. The molecule has 2 heteroatoms. The first-order chi connectivity index (χ1) is 9.99. The van der Waals surface area contributed by atoms with Crippen LogP contribution < -0.4 is 0 Å². The lowest BCUT2D eigenvalue weighted by molar-refractivity contribution is 0.414. The van der Waals surface area contributed by atoms with E-state index in [1.54, 1.807) is 0 Å². The highest BCUT2D eigenvalue weighted by atomic mass is 15.3. The summed E-state index contributed by atoms with van der Waals surface area (Å²) in [5, 5.41) is 4.74. The lowest BCUT2D eigenvalue weighted by atomic mass is 9.71. The van der Waals surface area contributed by atoms with Crippen LogP contribution in [0.25, 0.3) is 11.3 Å². The van der Waals surface area contributed by atoms with E-state index in [1.807, 2.05) is 0 Å². The Morgan fingerprint density at radius 2 is 1.81 bits per heavy atom. The van der Waals surface area contributed by atoms with Gasteiger partial charge in [-0.05, 0) is 62.3 Å². The molecule has 21 heavy (non-hydrogen) atoms. The third kappa shape index (κ3) is 2.55. The Morgan fingerprint density at radius 1 is 1.10 bits per heavy atom. The van der Waals surface area contributed by atoms with Crippen LogP contribution >= 0.6 is 0 Å². The number of nitrogens with zero attached hydrogens (tertiary/aromatic N) is 2. The third-order valence-electron chi connectivity index (χ3n) is 4.55. The average molecular weight is 280 g/mol. The summed E-state index contributed by atoms with van der Waals surface area (Å²) in [6.07, 6.45) is 3.75. The minimum absolute atomic E-state index is 0.224. The van der Waals surface area contributed by atoms with Crippen LogP contribution in [0.5, 0.6) is 0 Å². The summed E-state index contributed by atoms with van der Waals surface area (Å²) < 4.78 is 2.11. The molecule has 0 fully saturated rings. The molecule has 0 N–H and O–H groups in total. The van der Waals surface area contributed by atoms with Gasteiger partial charge >= 0.3 is 0 Å². The minimum atomic E-state index is 0.224. The first-order valence-electron chi connectivity index (χ1n) is 7.82. The van der Waals surface area contributed by atoms with Crippen molar-refractivity contribution in [3.05, 3.63) is 53.4 Å². The van der Waals surface area contributed by atoms with Crippen molar-refractivity contribution >= 4 is 5.57 Å². The second-order valence-corrected chi connectivity index (χ2v) is 6.81. The first-order valence-corrected chi connectivity index (χ1v) is 7.82. The highest BCUT2D eigenvalue weighted by molar-refractivity contribution is 5.72. The maximum Gasteiger partial charge on any atom is 0.0708 e. The van der Waals surface area contributed by atoms with Crippen LogP contribution in [-0.2, 0) is 0 Å². The molecule has 1 aromatic heterocycles. The largest absolute Gasteiger partial charge is 0.233 e. The van der Waals surface area contributed by atoms with Crippen molar-refractivity contribution in [1.29, 1.82) is 0 Å². The number of hydrogen-bond donors (Lipinski definition) is 0. The number of para-hydroxylation sites is 1. The molecule has 0 unspecified atom stereocenters. The average Bonchev–Trinajstić information content (AvgIpc) is 2.80. The Kier molecular flexibility index (Phi) is 3.48. The van der Waals surface area contributed by atoms with Crippen LogP contribution in [-0.4, -0.2) is 9.78 Å². The van der Waals surface area contributed by atoms with E-state index >= 15 is 0 Å². The van der Waals surface area contributed by atoms with Gasteiger partial charge in [-0.1, -0.05) is 37.6 Å². The second kappa shape index (κ2) is 5.18. The smallest absolute Gasteiger partial charge is 0.0708 e. The Balaban J connectivity index is 2.20. The molecule has 1 aromatic carbocycles. The highest BCUT2D eigenvalue weighted by Gasteiger charge is 2.31. The van der Waals surface area contributed by atoms with Gasteiger partial charge in [0, 0.05) is 0 Å². The molecular weight excluding hydrogens is 256 g/mol. The molecule has 2 aromatic rings. The van der Waals surface area contributed by atoms with Crippen LogP contribution in [0.4, 0.5) is 0 Å². The molecule has 0 aliphatic heterocycles. The van der Waals surface area contributed by atoms with Gasteiger partial charge in [-0.2, -0.15) is 5.10 Å². The van der Waals surface area contributed by atoms with E-state index in [1.165, 1.54) is 36.1 Å². The summed E-state index contributed by atoms with van der Waals surface area (Å²) in [7, 11) is 0. The van der Waals surface area contributed by atoms with E-state index < -0.39 is 0 Å². The molecule has 3 rings (SSSR count). The molecule has 0 bridgehead atoms. The van der Waals surface area contributed by atoms with E-state index in [4.69, 9.17) is 5.10 Å². The van der Waals surface area contributed by atoms with E-state index in [0.717, 1.165) is 11.4 Å². The summed E-state index contributed by atoms with van der Waals surface area (Å²) >= 11 is 0. The second-order valence-electron chi connectivity index (χ2n) is 6.81. The molecule has 1 aliphatic rings. The number of aromatic nitrogens is 2. The lowest BCUT2D eigenvalue weighted by Gasteiger charge is -2.34. The van der Waals surface area contributed by atoms with E-state index in [0.29, 0.717) is 0 Å². The van der Waals surface area contributed by atoms with E-state index in [2.05, 4.69) is 68.8 Å². The number of aryl methyl sites for hydroxylation is 1. The van der Waals surface area contributed by atoms with Crippen molar-refractivity contribution in [2.24, 2.45) is 5.41 Å². The maximum atomic E-state index is 4.74. The molecule has 0 amide bonds. The Labute approximate surface area is 127 Å². The van der Waals surface area contributed by atoms with Crippen molar-refractivity contribution in [3.8, 4) is 5.69 Å². The van der Waals surface area contributed by atoms with Crippen molar-refractivity contribution in [2.75, 3.05) is 0 Å². The van der Waals surface area contributed by atoms with Crippen molar-refractivity contribution in [2.45, 2.75) is 47.0 Å². The third-order valence-corrected chi connectivity index (χ3v) is 4.55. The quantitative estimate of drug-likeness (QED) is 0.742. The maximum absolute atomic E-state index is 4.74. The number of hydrogen-bond acceptors (Lipinski definition) is 1. The zero-order chi connectivity index (χ0) is 15.0. The monoisotopic (exact) mass is 280 g/mol. The van der Waals surface area contributed by atoms with Crippen LogP contribution in [0.2, 0.25) is 0 Å². The van der Waals surface area contributed by atoms with Gasteiger partial charge in [-0.3, -0.25) is 0 Å². The highest BCUT2D eigenvalue weighted by Crippen LogP contribution is 2.46. The van der Waals surface area contributed by atoms with Crippen LogP contribution in [0, 0.1) is 12.3 Å². The minimum Gasteiger partial charge on any atom is -0.233 e. The molecule has 110 valence electrons. The predicted octanol–water partition coefficient (Wildman–Crippen LogP) is 5.16. The first kappa shape index (κ1) is 14.1. The van der Waals surface area contributed by atoms with E-state index in [9.17, 15) is 0 Å². The zero-order valence-corrected chi connectivity index (χ0v) is 13.5. The topological polar surface area (TPSA) is 17.8 Å². The van der Waals surface area contributed by atoms with Gasteiger partial charge in [0.25, 0.3) is 0 Å². The fourth-order valence-corrected chi connectivity index (χ4v) is 3.63. The normalized spacial score (nSPS) is 18.1. The fraction of sp³-hybridized carbons (Fsp3) is 0.421. The molecule has 0 saturated carbocycles. The number of benzene rings is 1. The number of rotatable bonds is 2. The molecule has 0 atom stereocenters. The standard InChI is InChI=1S/C19H24N2/c1-14-9-8-12-19(3,4)18(14)17-13-15(2)20-21(17)16-10-6-5-7-11-16/h5-7,10-11,13H,8-9,12H2,1-4H3. The molecule has 0 saturated heterocycles. The Hall–Kier alpha value is -1.83. The summed E-state index contributed by atoms with van der Waals surface area (Å²) in [5.41, 5.74) is 6.71. The van der Waals surface area contributed by atoms with Crippen LogP contribution in [0.1, 0.15) is 51.4 Å². The number of allylic oxidation sites excluding steroid dienone is 2. The summed E-state index contributed by atoms with van der Waals surface area (Å²) in [5.74, 6) is 0. The van der Waals surface area contributed by atoms with Crippen LogP contribution in [0.15, 0.2) is 42.0 Å². The van der Waals surface area contributed by atoms with Gasteiger partial charge in [0.1, 0.15) is 0 Å². The Morgan fingerprint density at radius 3 is 2.48 bits per heavy atom. The SMILES string of the molecule is CC1=C(c2cc(C)nn2-c2ccccc2)C(C)(C)CCC1. The van der Waals surface area contributed by atoms with Gasteiger partial charge in [0.05, 0.1) is 17.1 Å². The summed E-state index contributed by atoms with van der Waals surface area (Å²) in [6.45, 7) is 9.09. The van der Waals surface area contributed by atoms with Gasteiger partial charge in [-0.25, -0.2) is 4.68 Å². The summed E-state index contributed by atoms with van der Waals surface area (Å²) in [4.78, 5) is 0. The molecular formula is C19H24N2.